The van der Waals surface area contributed by atoms with E-state index in [2.05, 4.69) is 10.1 Å². The van der Waals surface area contributed by atoms with E-state index in [1.165, 1.54) is 13.0 Å². The third-order valence-electron chi connectivity index (χ3n) is 5.23. The van der Waals surface area contributed by atoms with Crippen LogP contribution in [0.4, 0.5) is 0 Å². The third-order valence-corrected chi connectivity index (χ3v) is 8.32. The van der Waals surface area contributed by atoms with Gasteiger partial charge in [-0.05, 0) is 54.9 Å². The molecule has 0 radical (unpaired) electrons. The molecule has 0 saturated heterocycles. The molecule has 2 aromatic carbocycles. The number of hydrazone groups is 1. The van der Waals surface area contributed by atoms with Crippen molar-refractivity contribution >= 4 is 49.0 Å². The highest BCUT2D eigenvalue weighted by Crippen LogP contribution is 2.34. The molecule has 2 aliphatic rings. The van der Waals surface area contributed by atoms with E-state index in [4.69, 9.17) is 14.9 Å². The quantitative estimate of drug-likeness (QED) is 0.551. The second kappa shape index (κ2) is 10.0. The topological polar surface area (TPSA) is 121 Å². The lowest BCUT2D eigenvalue weighted by Gasteiger charge is -2.20. The van der Waals surface area contributed by atoms with Crippen molar-refractivity contribution in [1.82, 2.24) is 5.01 Å². The molecular weight excluding hydrogens is 488 g/mol. The summed E-state index contributed by atoms with van der Waals surface area (Å²) in [6.45, 7) is 5.72. The number of amidine groups is 2. The molecule has 1 atom stereocenters. The Balaban J connectivity index is 1.62. The molecule has 0 aliphatic carbocycles. The lowest BCUT2D eigenvalue weighted by molar-refractivity contribution is -0.114. The Morgan fingerprint density at radius 3 is 2.57 bits per heavy atom. The van der Waals surface area contributed by atoms with E-state index in [1.54, 1.807) is 18.2 Å². The number of aliphatic imine (C=N–C) groups is 1. The van der Waals surface area contributed by atoms with Crippen molar-refractivity contribution in [1.29, 1.82) is 5.41 Å². The number of rotatable bonds is 7. The molecular formula is C24H24N4O5S2. The Morgan fingerprint density at radius 2 is 1.89 bits per heavy atom. The SMILES string of the molecule is CCOc1cc(/C=C2\C(=N)N3N=C(S(=O)(=O)CC)SC3=NC2=O)ccc1OC(C)c1ccccc1. The number of carbonyl (C=O) groups is 1. The summed E-state index contributed by atoms with van der Waals surface area (Å²) in [7, 11) is -3.59. The van der Waals surface area contributed by atoms with Gasteiger partial charge in [-0.1, -0.05) is 43.3 Å². The minimum Gasteiger partial charge on any atom is -0.490 e. The van der Waals surface area contributed by atoms with Crippen LogP contribution in [0.15, 0.2) is 64.2 Å². The molecule has 9 nitrogen and oxygen atoms in total. The summed E-state index contributed by atoms with van der Waals surface area (Å²) in [6.07, 6.45) is 1.30. The van der Waals surface area contributed by atoms with E-state index in [0.29, 0.717) is 23.7 Å². The number of amides is 1. The molecule has 0 bridgehead atoms. The van der Waals surface area contributed by atoms with Crippen LogP contribution in [0.1, 0.15) is 38.0 Å². The first-order valence-corrected chi connectivity index (χ1v) is 13.4. The molecule has 1 unspecified atom stereocenters. The predicted octanol–water partition coefficient (Wildman–Crippen LogP) is 4.24. The van der Waals surface area contributed by atoms with Crippen molar-refractivity contribution in [2.45, 2.75) is 26.9 Å². The summed E-state index contributed by atoms with van der Waals surface area (Å²) in [5, 5.41) is 13.6. The van der Waals surface area contributed by atoms with Crippen LogP contribution in [-0.2, 0) is 14.6 Å². The molecule has 0 saturated carbocycles. The fraction of sp³-hybridized carbons (Fsp3) is 0.250. The summed E-state index contributed by atoms with van der Waals surface area (Å²) in [5.74, 6) is 0.0155. The number of thioether (sulfide) groups is 1. The van der Waals surface area contributed by atoms with E-state index in [9.17, 15) is 13.2 Å². The fourth-order valence-electron chi connectivity index (χ4n) is 3.35. The van der Waals surface area contributed by atoms with Gasteiger partial charge in [0.2, 0.25) is 19.4 Å². The Labute approximate surface area is 208 Å². The second-order valence-corrected chi connectivity index (χ2v) is 11.0. The number of carbonyl (C=O) groups excluding carboxylic acids is 1. The average molecular weight is 513 g/mol. The van der Waals surface area contributed by atoms with Gasteiger partial charge in [-0.3, -0.25) is 10.2 Å². The van der Waals surface area contributed by atoms with Crippen molar-refractivity contribution in [3.63, 3.8) is 0 Å². The van der Waals surface area contributed by atoms with Crippen LogP contribution in [0, 0.1) is 5.41 Å². The molecule has 1 amide bonds. The van der Waals surface area contributed by atoms with Gasteiger partial charge in [-0.2, -0.15) is 10.0 Å². The average Bonchev–Trinajstić information content (AvgIpc) is 3.29. The van der Waals surface area contributed by atoms with Crippen LogP contribution in [-0.4, -0.2) is 47.1 Å². The Morgan fingerprint density at radius 1 is 1.14 bits per heavy atom. The Hall–Kier alpha value is -3.44. The molecule has 1 N–H and O–H groups in total. The van der Waals surface area contributed by atoms with Crippen molar-refractivity contribution in [2.24, 2.45) is 10.1 Å². The molecule has 11 heteroatoms. The predicted molar refractivity (Wildman–Crippen MR) is 138 cm³/mol. The standard InChI is InChI=1S/C24H24N4O5S2/c1-4-32-20-14-16(11-12-19(20)33-15(3)17-9-7-6-8-10-17)13-18-21(25)28-23(26-22(18)29)34-24(27-28)35(30,31)5-2/h6-15,25H,4-5H2,1-3H3/b18-13+,25-21?. The zero-order valence-electron chi connectivity index (χ0n) is 19.4. The molecule has 182 valence electrons. The van der Waals surface area contributed by atoms with Crippen molar-refractivity contribution in [2.75, 3.05) is 12.4 Å². The van der Waals surface area contributed by atoms with Crippen molar-refractivity contribution in [3.05, 3.63) is 65.2 Å². The fourth-order valence-corrected chi connectivity index (χ4v) is 5.52. The maximum atomic E-state index is 12.7. The Bertz CT molecular complexity index is 1370. The molecule has 0 fully saturated rings. The summed E-state index contributed by atoms with van der Waals surface area (Å²) in [5.41, 5.74) is 1.60. The maximum Gasteiger partial charge on any atom is 0.283 e. The van der Waals surface area contributed by atoms with Crippen LogP contribution in [0.3, 0.4) is 0 Å². The van der Waals surface area contributed by atoms with Gasteiger partial charge in [0.05, 0.1) is 17.9 Å². The number of benzene rings is 2. The van der Waals surface area contributed by atoms with Gasteiger partial charge in [0.1, 0.15) is 6.10 Å². The summed E-state index contributed by atoms with van der Waals surface area (Å²) >= 11 is 0.769. The van der Waals surface area contributed by atoms with Gasteiger partial charge in [-0.25, -0.2) is 8.42 Å². The van der Waals surface area contributed by atoms with E-state index in [-0.39, 0.29) is 32.8 Å². The van der Waals surface area contributed by atoms with Crippen LogP contribution >= 0.6 is 11.8 Å². The van der Waals surface area contributed by atoms with Crippen LogP contribution in [0.25, 0.3) is 6.08 Å². The van der Waals surface area contributed by atoms with E-state index < -0.39 is 15.7 Å². The monoisotopic (exact) mass is 512 g/mol. The van der Waals surface area contributed by atoms with Gasteiger partial charge >= 0.3 is 0 Å². The van der Waals surface area contributed by atoms with Crippen molar-refractivity contribution in [3.8, 4) is 11.5 Å². The summed E-state index contributed by atoms with van der Waals surface area (Å²) in [4.78, 5) is 16.6. The smallest absolute Gasteiger partial charge is 0.283 e. The zero-order chi connectivity index (χ0) is 25.2. The lowest BCUT2D eigenvalue weighted by Crippen LogP contribution is -2.35. The van der Waals surface area contributed by atoms with Crippen LogP contribution in [0.5, 0.6) is 11.5 Å². The lowest BCUT2D eigenvalue weighted by atomic mass is 10.1. The number of nitrogens with zero attached hydrogens (tertiary/aromatic N) is 3. The molecule has 0 aromatic heterocycles. The van der Waals surface area contributed by atoms with E-state index >= 15 is 0 Å². The molecule has 35 heavy (non-hydrogen) atoms. The van der Waals surface area contributed by atoms with Crippen molar-refractivity contribution < 1.29 is 22.7 Å². The van der Waals surface area contributed by atoms with Gasteiger partial charge in [0.25, 0.3) is 5.91 Å². The molecule has 2 aromatic rings. The number of fused-ring (bicyclic) bond motifs is 1. The highest BCUT2D eigenvalue weighted by atomic mass is 32.3. The second-order valence-electron chi connectivity index (χ2n) is 7.60. The first kappa shape index (κ1) is 24.7. The summed E-state index contributed by atoms with van der Waals surface area (Å²) in [6, 6.07) is 15.0. The van der Waals surface area contributed by atoms with Gasteiger partial charge in [0.15, 0.2) is 17.3 Å². The first-order chi connectivity index (χ1) is 16.7. The maximum absolute atomic E-state index is 12.7. The number of ether oxygens (including phenoxy) is 2. The summed E-state index contributed by atoms with van der Waals surface area (Å²) < 4.78 is 36.1. The first-order valence-electron chi connectivity index (χ1n) is 10.9. The van der Waals surface area contributed by atoms with Crippen LogP contribution < -0.4 is 9.47 Å². The van der Waals surface area contributed by atoms with Gasteiger partial charge in [0, 0.05) is 0 Å². The number of nitrogens with one attached hydrogen (secondary N) is 1. The minimum atomic E-state index is -3.59. The molecule has 2 aliphatic heterocycles. The minimum absolute atomic E-state index is 0.0120. The van der Waals surface area contributed by atoms with Gasteiger partial charge in [-0.15, -0.1) is 5.10 Å². The molecule has 4 rings (SSSR count). The molecule has 0 spiro atoms. The third kappa shape index (κ3) is 5.15. The number of hydrogen-bond acceptors (Lipinski definition) is 8. The highest BCUT2D eigenvalue weighted by Gasteiger charge is 2.39. The van der Waals surface area contributed by atoms with E-state index in [0.717, 1.165) is 22.3 Å². The largest absolute Gasteiger partial charge is 0.490 e. The number of hydrogen-bond donors (Lipinski definition) is 1. The number of sulfone groups is 1. The highest BCUT2D eigenvalue weighted by molar-refractivity contribution is 8.42. The normalized spacial score (nSPS) is 17.7. The molecule has 2 heterocycles. The van der Waals surface area contributed by atoms with E-state index in [1.807, 2.05) is 44.2 Å². The van der Waals surface area contributed by atoms with Gasteiger partial charge < -0.3 is 9.47 Å². The zero-order valence-corrected chi connectivity index (χ0v) is 21.0. The Kier molecular flexibility index (Phi) is 7.08. The van der Waals surface area contributed by atoms with Crippen LogP contribution in [0.2, 0.25) is 0 Å².